The van der Waals surface area contributed by atoms with E-state index in [0.29, 0.717) is 0 Å². The van der Waals surface area contributed by atoms with Crippen LogP contribution in [0.25, 0.3) is 20.8 Å². The first-order valence-electron chi connectivity index (χ1n) is 18.1. The highest BCUT2D eigenvalue weighted by molar-refractivity contribution is 7.10. The highest BCUT2D eigenvalue weighted by atomic mass is 28.3. The molecule has 248 valence electrons. The van der Waals surface area contributed by atoms with Gasteiger partial charge in [-0.05, 0) is 65.3 Å². The minimum absolute atomic E-state index is 0.492. The first kappa shape index (κ1) is 32.9. The average molecular weight is 689 g/mol. The predicted molar refractivity (Wildman–Crippen MR) is 225 cm³/mol. The maximum atomic E-state index is 2.49. The van der Waals surface area contributed by atoms with Crippen LogP contribution in [0.5, 0.6) is 0 Å². The molecule has 2 heteroatoms. The zero-order valence-corrected chi connectivity index (χ0v) is 32.0. The molecule has 0 saturated heterocycles. The van der Waals surface area contributed by atoms with Gasteiger partial charge in [-0.2, -0.15) is 0 Å². The molecule has 0 spiro atoms. The standard InChI is InChI=1S/C49H44Si2/c1-50(2)45(37-17-9-5-10-18-37)33-35-47(50)39-25-29-43(30-26-39)49(41-21-13-7-14-22-41,42-23-15-8-16-24-42)44-31-27-40(28-32-44)48-36-34-46(51(48,3)4)38-19-11-6-12-20-38/h5-36H,1-4H3. The normalized spacial score (nSPS) is 16.2. The van der Waals surface area contributed by atoms with E-state index in [1.807, 2.05) is 0 Å². The molecular formula is C49H44Si2. The van der Waals surface area contributed by atoms with Crippen LogP contribution in [0.2, 0.25) is 26.2 Å². The molecule has 0 aliphatic carbocycles. The summed E-state index contributed by atoms with van der Waals surface area (Å²) < 4.78 is 0. The summed E-state index contributed by atoms with van der Waals surface area (Å²) in [7, 11) is -3.76. The fourth-order valence-corrected chi connectivity index (χ4v) is 14.8. The summed E-state index contributed by atoms with van der Waals surface area (Å²) in [6.07, 6.45) is 9.49. The quantitative estimate of drug-likeness (QED) is 0.110. The maximum Gasteiger partial charge on any atom is 0.113 e. The molecule has 0 aromatic heterocycles. The molecule has 0 bridgehead atoms. The van der Waals surface area contributed by atoms with Gasteiger partial charge in [-0.25, -0.2) is 0 Å². The van der Waals surface area contributed by atoms with Crippen LogP contribution in [-0.4, -0.2) is 16.1 Å². The number of benzene rings is 6. The first-order valence-corrected chi connectivity index (χ1v) is 24.1. The summed E-state index contributed by atoms with van der Waals surface area (Å²) in [5.74, 6) is 0. The lowest BCUT2D eigenvalue weighted by Crippen LogP contribution is -2.31. The Labute approximate surface area is 305 Å². The fraction of sp³-hybridized carbons (Fsp3) is 0.102. The minimum Gasteiger partial charge on any atom is -0.0622 e. The number of hydrogen-bond acceptors (Lipinski definition) is 0. The van der Waals surface area contributed by atoms with E-state index in [1.54, 1.807) is 0 Å². The van der Waals surface area contributed by atoms with Crippen LogP contribution in [0.3, 0.4) is 0 Å². The zero-order valence-electron chi connectivity index (χ0n) is 30.0. The molecule has 0 amide bonds. The van der Waals surface area contributed by atoms with Crippen molar-refractivity contribution in [2.75, 3.05) is 0 Å². The summed E-state index contributed by atoms with van der Waals surface area (Å²) in [5.41, 5.74) is 9.93. The van der Waals surface area contributed by atoms with Gasteiger partial charge in [-0.15, -0.1) is 0 Å². The molecule has 0 saturated carbocycles. The van der Waals surface area contributed by atoms with Crippen molar-refractivity contribution < 1.29 is 0 Å². The van der Waals surface area contributed by atoms with Gasteiger partial charge in [-0.1, -0.05) is 220 Å². The van der Waals surface area contributed by atoms with Crippen molar-refractivity contribution in [1.29, 1.82) is 0 Å². The predicted octanol–water partition coefficient (Wildman–Crippen LogP) is 12.6. The van der Waals surface area contributed by atoms with Gasteiger partial charge in [-0.3, -0.25) is 0 Å². The van der Waals surface area contributed by atoms with Gasteiger partial charge in [0.25, 0.3) is 0 Å². The maximum absolute atomic E-state index is 2.49. The summed E-state index contributed by atoms with van der Waals surface area (Å²) >= 11 is 0. The molecular weight excluding hydrogens is 645 g/mol. The van der Waals surface area contributed by atoms with Gasteiger partial charge in [0.05, 0.1) is 5.41 Å². The van der Waals surface area contributed by atoms with Gasteiger partial charge in [0.1, 0.15) is 16.1 Å². The molecule has 2 aliphatic rings. The number of allylic oxidation sites excluding steroid dienone is 4. The Kier molecular flexibility index (Phi) is 8.46. The van der Waals surface area contributed by atoms with Gasteiger partial charge in [0, 0.05) is 0 Å². The third-order valence-electron chi connectivity index (χ3n) is 11.4. The Bertz CT molecular complexity index is 2120. The first-order chi connectivity index (χ1) is 24.8. The Morgan fingerprint density at radius 1 is 0.275 bits per heavy atom. The number of hydrogen-bond donors (Lipinski definition) is 0. The van der Waals surface area contributed by atoms with Crippen molar-refractivity contribution >= 4 is 36.9 Å². The lowest BCUT2D eigenvalue weighted by molar-refractivity contribution is 0.745. The summed E-state index contributed by atoms with van der Waals surface area (Å²) in [6.45, 7) is 9.95. The van der Waals surface area contributed by atoms with Crippen LogP contribution >= 0.6 is 0 Å². The van der Waals surface area contributed by atoms with Crippen LogP contribution in [0.4, 0.5) is 0 Å². The molecule has 8 rings (SSSR count). The Balaban J connectivity index is 1.21. The van der Waals surface area contributed by atoms with Gasteiger partial charge in [0.2, 0.25) is 0 Å². The van der Waals surface area contributed by atoms with E-state index in [9.17, 15) is 0 Å². The summed E-state index contributed by atoms with van der Waals surface area (Å²) in [5, 5.41) is 5.98. The molecule has 51 heavy (non-hydrogen) atoms. The van der Waals surface area contributed by atoms with E-state index in [0.717, 1.165) is 0 Å². The lowest BCUT2D eigenvalue weighted by Gasteiger charge is -2.37. The van der Waals surface area contributed by atoms with Crippen molar-refractivity contribution in [3.8, 4) is 0 Å². The van der Waals surface area contributed by atoms with Gasteiger partial charge < -0.3 is 0 Å². The summed E-state index contributed by atoms with van der Waals surface area (Å²) in [6, 6.07) is 63.1. The monoisotopic (exact) mass is 688 g/mol. The molecule has 0 unspecified atom stereocenters. The SMILES string of the molecule is C[Si]1(C)C(c2ccccc2)=CC=C1c1ccc(C(c2ccccc2)(c2ccccc2)c2ccc(C3=CC=C(c4ccccc4)[Si]3(C)C)cc2)cc1. The zero-order chi connectivity index (χ0) is 35.1. The number of rotatable bonds is 8. The van der Waals surface area contributed by atoms with Crippen LogP contribution in [0.1, 0.15) is 44.5 Å². The van der Waals surface area contributed by atoms with E-state index in [1.165, 1.54) is 65.3 Å². The third-order valence-corrected chi connectivity index (χ3v) is 18.6. The molecule has 2 aliphatic heterocycles. The van der Waals surface area contributed by atoms with Gasteiger partial charge >= 0.3 is 0 Å². The molecule has 6 aromatic rings. The molecule has 0 fully saturated rings. The van der Waals surface area contributed by atoms with E-state index < -0.39 is 21.6 Å². The molecule has 0 nitrogen and oxygen atoms in total. The minimum atomic E-state index is -1.88. The largest absolute Gasteiger partial charge is 0.113 e. The van der Waals surface area contributed by atoms with Crippen LogP contribution in [0.15, 0.2) is 194 Å². The van der Waals surface area contributed by atoms with Crippen LogP contribution in [-0.2, 0) is 5.41 Å². The van der Waals surface area contributed by atoms with Crippen LogP contribution in [0, 0.1) is 0 Å². The average Bonchev–Trinajstić information content (AvgIpc) is 3.67. The lowest BCUT2D eigenvalue weighted by atomic mass is 9.65. The summed E-state index contributed by atoms with van der Waals surface area (Å²) in [4.78, 5) is 0. The molecule has 0 radical (unpaired) electrons. The second kappa shape index (κ2) is 13.1. The highest BCUT2D eigenvalue weighted by Crippen LogP contribution is 2.48. The molecule has 2 heterocycles. The van der Waals surface area contributed by atoms with E-state index >= 15 is 0 Å². The van der Waals surface area contributed by atoms with Crippen LogP contribution < -0.4 is 0 Å². The second-order valence-electron chi connectivity index (χ2n) is 14.9. The molecule has 6 aromatic carbocycles. The van der Waals surface area contributed by atoms with Crippen molar-refractivity contribution in [2.24, 2.45) is 0 Å². The van der Waals surface area contributed by atoms with E-state index in [4.69, 9.17) is 0 Å². The topological polar surface area (TPSA) is 0 Å². The fourth-order valence-electron chi connectivity index (χ4n) is 8.70. The Morgan fingerprint density at radius 2 is 0.510 bits per heavy atom. The van der Waals surface area contributed by atoms with Crippen molar-refractivity contribution in [3.63, 3.8) is 0 Å². The van der Waals surface area contributed by atoms with Gasteiger partial charge in [0.15, 0.2) is 0 Å². The third kappa shape index (κ3) is 5.60. The highest BCUT2D eigenvalue weighted by Gasteiger charge is 2.40. The Hall–Kier alpha value is -5.29. The van der Waals surface area contributed by atoms with E-state index in [2.05, 4.69) is 220 Å². The second-order valence-corrected chi connectivity index (χ2v) is 23.6. The van der Waals surface area contributed by atoms with Crippen molar-refractivity contribution in [3.05, 3.63) is 239 Å². The smallest absolute Gasteiger partial charge is 0.0622 e. The van der Waals surface area contributed by atoms with Crippen molar-refractivity contribution in [2.45, 2.75) is 31.6 Å². The Morgan fingerprint density at radius 3 is 0.804 bits per heavy atom. The molecule has 0 N–H and O–H groups in total. The van der Waals surface area contributed by atoms with E-state index in [-0.39, 0.29) is 0 Å². The van der Waals surface area contributed by atoms with Crippen molar-refractivity contribution in [1.82, 2.24) is 0 Å². The molecule has 0 atom stereocenters.